The quantitative estimate of drug-likeness (QED) is 0.701. The number of nitrogens with two attached hydrogens (primary N) is 1. The highest BCUT2D eigenvalue weighted by Crippen LogP contribution is 2.19. The van der Waals surface area contributed by atoms with Gasteiger partial charge in [0.05, 0.1) is 0 Å². The van der Waals surface area contributed by atoms with Crippen molar-refractivity contribution in [2.45, 2.75) is 58.7 Å². The summed E-state index contributed by atoms with van der Waals surface area (Å²) in [4.78, 5) is 2.36. The van der Waals surface area contributed by atoms with Crippen LogP contribution < -0.4 is 5.73 Å². The van der Waals surface area contributed by atoms with Gasteiger partial charge in [0.15, 0.2) is 0 Å². The molecule has 0 aliphatic carbocycles. The molecule has 0 aromatic rings. The maximum Gasteiger partial charge on any atom is 0.0218 e. The minimum Gasteiger partial charge on any atom is -0.327 e. The second-order valence-electron chi connectivity index (χ2n) is 4.38. The molecule has 2 atom stereocenters. The predicted octanol–water partition coefficient (Wildman–Crippen LogP) is 1.84. The summed E-state index contributed by atoms with van der Waals surface area (Å²) >= 11 is 0. The van der Waals surface area contributed by atoms with E-state index in [9.17, 15) is 0 Å². The van der Waals surface area contributed by atoms with Crippen LogP contribution in [0.15, 0.2) is 0 Å². The summed E-state index contributed by atoms with van der Waals surface area (Å²) in [5.41, 5.74) is 6.10. The lowest BCUT2D eigenvalue weighted by atomic mass is 9.96. The molecule has 0 amide bonds. The highest BCUT2D eigenvalue weighted by molar-refractivity contribution is 4.84. The van der Waals surface area contributed by atoms with Gasteiger partial charge < -0.3 is 5.73 Å². The van der Waals surface area contributed by atoms with Gasteiger partial charge >= 0.3 is 0 Å². The first-order valence-electron chi connectivity index (χ1n) is 4.81. The van der Waals surface area contributed by atoms with Crippen LogP contribution in [-0.4, -0.2) is 29.6 Å². The topological polar surface area (TPSA) is 29.3 Å². The van der Waals surface area contributed by atoms with E-state index in [1.165, 1.54) is 0 Å². The van der Waals surface area contributed by atoms with Gasteiger partial charge in [-0.3, -0.25) is 4.90 Å². The largest absolute Gasteiger partial charge is 0.327 e. The van der Waals surface area contributed by atoms with Crippen LogP contribution in [-0.2, 0) is 0 Å². The number of hydrogen-bond donors (Lipinski definition) is 1. The van der Waals surface area contributed by atoms with E-state index < -0.39 is 0 Å². The van der Waals surface area contributed by atoms with Crippen molar-refractivity contribution in [1.82, 2.24) is 4.90 Å². The van der Waals surface area contributed by atoms with Crippen LogP contribution in [0.5, 0.6) is 0 Å². The summed E-state index contributed by atoms with van der Waals surface area (Å²) in [6.45, 7) is 11.0. The van der Waals surface area contributed by atoms with Crippen molar-refractivity contribution in [3.05, 3.63) is 0 Å². The van der Waals surface area contributed by atoms with Crippen LogP contribution in [0, 0.1) is 0 Å². The molecule has 2 unspecified atom stereocenters. The van der Waals surface area contributed by atoms with Gasteiger partial charge in [-0.25, -0.2) is 0 Å². The van der Waals surface area contributed by atoms with E-state index in [1.807, 2.05) is 0 Å². The average Bonchev–Trinajstić information content (AvgIpc) is 2.01. The number of rotatable bonds is 4. The van der Waals surface area contributed by atoms with Gasteiger partial charge in [0.2, 0.25) is 0 Å². The van der Waals surface area contributed by atoms with E-state index in [1.54, 1.807) is 0 Å². The number of hydrogen-bond acceptors (Lipinski definition) is 2. The fourth-order valence-electron chi connectivity index (χ4n) is 1.15. The predicted molar refractivity (Wildman–Crippen MR) is 55.2 cm³/mol. The fraction of sp³-hybridized carbons (Fsp3) is 1.00. The highest BCUT2D eigenvalue weighted by atomic mass is 15.2. The molecule has 0 heterocycles. The monoisotopic (exact) mass is 172 g/mol. The molecule has 0 rings (SSSR count). The molecule has 74 valence electrons. The Morgan fingerprint density at radius 3 is 2.00 bits per heavy atom. The Morgan fingerprint density at radius 2 is 1.75 bits per heavy atom. The average molecular weight is 172 g/mol. The molecule has 12 heavy (non-hydrogen) atoms. The zero-order chi connectivity index (χ0) is 9.94. The summed E-state index contributed by atoms with van der Waals surface area (Å²) in [5, 5.41) is 0. The van der Waals surface area contributed by atoms with E-state index in [4.69, 9.17) is 5.73 Å². The van der Waals surface area contributed by atoms with E-state index in [-0.39, 0.29) is 11.6 Å². The van der Waals surface area contributed by atoms with Gasteiger partial charge in [0, 0.05) is 17.6 Å². The Balaban J connectivity index is 4.27. The Labute approximate surface area is 77.1 Å². The lowest BCUT2D eigenvalue weighted by Gasteiger charge is -2.40. The summed E-state index contributed by atoms with van der Waals surface area (Å²) in [6.07, 6.45) is 1.15. The molecular formula is C10H24N2. The summed E-state index contributed by atoms with van der Waals surface area (Å²) in [6, 6.07) is 0.681. The van der Waals surface area contributed by atoms with Crippen molar-refractivity contribution in [2.75, 3.05) is 7.05 Å². The Kier molecular flexibility index (Phi) is 4.21. The minimum absolute atomic E-state index is 0.237. The molecule has 0 bridgehead atoms. The summed E-state index contributed by atoms with van der Waals surface area (Å²) < 4.78 is 0. The maximum atomic E-state index is 5.85. The van der Waals surface area contributed by atoms with Crippen molar-refractivity contribution in [3.63, 3.8) is 0 Å². The molecular weight excluding hydrogens is 148 g/mol. The minimum atomic E-state index is 0.237. The molecule has 0 spiro atoms. The van der Waals surface area contributed by atoms with Crippen LogP contribution in [0.3, 0.4) is 0 Å². The van der Waals surface area contributed by atoms with Gasteiger partial charge in [-0.15, -0.1) is 0 Å². The van der Waals surface area contributed by atoms with Crippen molar-refractivity contribution in [1.29, 1.82) is 0 Å². The third-order valence-corrected chi connectivity index (χ3v) is 3.19. The van der Waals surface area contributed by atoms with Crippen molar-refractivity contribution in [3.8, 4) is 0 Å². The van der Waals surface area contributed by atoms with E-state index in [2.05, 4.69) is 46.6 Å². The first-order chi connectivity index (χ1) is 5.33. The number of likely N-dealkylation sites (N-methyl/N-ethyl adjacent to an activating group) is 1. The zero-order valence-corrected chi connectivity index (χ0v) is 9.39. The van der Waals surface area contributed by atoms with Gasteiger partial charge in [-0.1, -0.05) is 6.92 Å². The molecule has 0 saturated heterocycles. The molecule has 2 heteroatoms. The van der Waals surface area contributed by atoms with Gasteiger partial charge in [-0.05, 0) is 41.2 Å². The molecule has 0 aromatic heterocycles. The molecule has 2 nitrogen and oxygen atoms in total. The SMILES string of the molecule is CCC(C)(C)N(C)C(C)C(C)N. The van der Waals surface area contributed by atoms with Crippen molar-refractivity contribution >= 4 is 0 Å². The third kappa shape index (κ3) is 2.76. The van der Waals surface area contributed by atoms with E-state index in [0.717, 1.165) is 6.42 Å². The molecule has 0 aliphatic rings. The van der Waals surface area contributed by atoms with Crippen LogP contribution in [0.25, 0.3) is 0 Å². The molecule has 0 aliphatic heterocycles. The normalized spacial score (nSPS) is 18.0. The standard InChI is InChI=1S/C10H24N2/c1-7-10(4,5)12(6)9(3)8(2)11/h8-9H,7,11H2,1-6H3. The second kappa shape index (κ2) is 4.24. The maximum absolute atomic E-state index is 5.85. The third-order valence-electron chi connectivity index (χ3n) is 3.19. The van der Waals surface area contributed by atoms with Gasteiger partial charge in [0.25, 0.3) is 0 Å². The van der Waals surface area contributed by atoms with Crippen LogP contribution in [0.1, 0.15) is 41.0 Å². The van der Waals surface area contributed by atoms with Crippen LogP contribution >= 0.6 is 0 Å². The molecule has 0 aromatic carbocycles. The lowest BCUT2D eigenvalue weighted by molar-refractivity contribution is 0.0946. The van der Waals surface area contributed by atoms with Crippen molar-refractivity contribution < 1.29 is 0 Å². The summed E-state index contributed by atoms with van der Waals surface area (Å²) in [7, 11) is 2.15. The zero-order valence-electron chi connectivity index (χ0n) is 9.39. The van der Waals surface area contributed by atoms with Crippen LogP contribution in [0.4, 0.5) is 0 Å². The second-order valence-corrected chi connectivity index (χ2v) is 4.38. The van der Waals surface area contributed by atoms with Gasteiger partial charge in [0.1, 0.15) is 0 Å². The molecule has 0 fully saturated rings. The van der Waals surface area contributed by atoms with Crippen molar-refractivity contribution in [2.24, 2.45) is 5.73 Å². The Morgan fingerprint density at radius 1 is 1.33 bits per heavy atom. The molecule has 0 radical (unpaired) electrons. The lowest BCUT2D eigenvalue weighted by Crippen LogP contribution is -2.51. The van der Waals surface area contributed by atoms with E-state index in [0.29, 0.717) is 6.04 Å². The smallest absolute Gasteiger partial charge is 0.0218 e. The molecule has 2 N–H and O–H groups in total. The highest BCUT2D eigenvalue weighted by Gasteiger charge is 2.26. The van der Waals surface area contributed by atoms with E-state index >= 15 is 0 Å². The Bertz CT molecular complexity index is 130. The number of nitrogens with zero attached hydrogens (tertiary/aromatic N) is 1. The fourth-order valence-corrected chi connectivity index (χ4v) is 1.15. The first-order valence-corrected chi connectivity index (χ1v) is 4.81. The first kappa shape index (κ1) is 11.9. The van der Waals surface area contributed by atoms with Gasteiger partial charge in [-0.2, -0.15) is 0 Å². The summed E-state index contributed by atoms with van der Waals surface area (Å²) in [5.74, 6) is 0. The molecule has 0 saturated carbocycles. The Hall–Kier alpha value is -0.0800. The van der Waals surface area contributed by atoms with Crippen LogP contribution in [0.2, 0.25) is 0 Å².